The Morgan fingerprint density at radius 2 is 1.83 bits per heavy atom. The van der Waals surface area contributed by atoms with Crippen LogP contribution in [-0.2, 0) is 14.3 Å². The lowest BCUT2D eigenvalue weighted by Crippen LogP contribution is -2.33. The predicted octanol–water partition coefficient (Wildman–Crippen LogP) is 2.98. The molecule has 0 aromatic heterocycles. The molecular formula is C16H20ClNO5. The van der Waals surface area contributed by atoms with Gasteiger partial charge in [-0.2, -0.15) is 0 Å². The van der Waals surface area contributed by atoms with E-state index >= 15 is 0 Å². The number of hydrogen-bond acceptors (Lipinski definition) is 5. The lowest BCUT2D eigenvalue weighted by atomic mass is 10.1. The summed E-state index contributed by atoms with van der Waals surface area (Å²) in [5.41, 5.74) is -0.305. The Morgan fingerprint density at radius 3 is 2.43 bits per heavy atom. The number of carbonyl (C=O) groups is 3. The van der Waals surface area contributed by atoms with Crippen molar-refractivity contribution in [3.05, 3.63) is 34.9 Å². The molecule has 7 heteroatoms. The molecule has 1 amide bonds. The molecule has 0 fully saturated rings. The summed E-state index contributed by atoms with van der Waals surface area (Å²) in [4.78, 5) is 34.8. The van der Waals surface area contributed by atoms with Crippen molar-refractivity contribution in [1.29, 1.82) is 0 Å². The molecule has 0 aliphatic carbocycles. The van der Waals surface area contributed by atoms with E-state index in [-0.39, 0.29) is 18.7 Å². The maximum absolute atomic E-state index is 11.9. The molecule has 0 atom stereocenters. The Kier molecular flexibility index (Phi) is 7.03. The van der Waals surface area contributed by atoms with Gasteiger partial charge in [0.05, 0.1) is 11.4 Å². The van der Waals surface area contributed by atoms with Crippen LogP contribution < -0.4 is 5.32 Å². The van der Waals surface area contributed by atoms with Crippen LogP contribution in [0.15, 0.2) is 24.3 Å². The van der Waals surface area contributed by atoms with E-state index in [0.29, 0.717) is 10.6 Å². The van der Waals surface area contributed by atoms with E-state index in [1.165, 1.54) is 0 Å². The second kappa shape index (κ2) is 8.53. The molecule has 0 saturated heterocycles. The third-order valence-corrected chi connectivity index (χ3v) is 2.87. The summed E-state index contributed by atoms with van der Waals surface area (Å²) < 4.78 is 9.87. The van der Waals surface area contributed by atoms with Crippen molar-refractivity contribution < 1.29 is 23.9 Å². The van der Waals surface area contributed by atoms with E-state index in [4.69, 9.17) is 21.1 Å². The molecule has 0 heterocycles. The number of alkyl carbamates (subject to hydrolysis) is 1. The molecule has 0 unspecified atom stereocenters. The minimum absolute atomic E-state index is 0.0605. The van der Waals surface area contributed by atoms with Gasteiger partial charge in [-0.25, -0.2) is 4.79 Å². The highest BCUT2D eigenvalue weighted by Gasteiger charge is 2.16. The number of ketones is 1. The molecule has 0 aliphatic rings. The Bertz CT molecular complexity index is 580. The minimum Gasteiger partial charge on any atom is -0.457 e. The second-order valence-electron chi connectivity index (χ2n) is 5.74. The van der Waals surface area contributed by atoms with Gasteiger partial charge < -0.3 is 14.8 Å². The van der Waals surface area contributed by atoms with Crippen LogP contribution >= 0.6 is 11.6 Å². The number of esters is 1. The number of hydrogen-bond donors (Lipinski definition) is 1. The van der Waals surface area contributed by atoms with E-state index in [0.717, 1.165) is 0 Å². The first kappa shape index (κ1) is 19.0. The fourth-order valence-corrected chi connectivity index (χ4v) is 1.81. The van der Waals surface area contributed by atoms with Crippen molar-refractivity contribution in [2.45, 2.75) is 32.8 Å². The van der Waals surface area contributed by atoms with Gasteiger partial charge in [-0.05, 0) is 32.9 Å². The fraction of sp³-hybridized carbons (Fsp3) is 0.438. The first-order chi connectivity index (χ1) is 10.7. The number of Topliss-reactive ketones (excluding diaryl/α,β-unsaturated/α-hetero) is 1. The van der Waals surface area contributed by atoms with Gasteiger partial charge in [-0.3, -0.25) is 9.59 Å². The lowest BCUT2D eigenvalue weighted by Gasteiger charge is -2.19. The van der Waals surface area contributed by atoms with Gasteiger partial charge in [-0.15, -0.1) is 0 Å². The van der Waals surface area contributed by atoms with E-state index in [9.17, 15) is 14.4 Å². The normalized spacial score (nSPS) is 10.8. The first-order valence-electron chi connectivity index (χ1n) is 7.09. The highest BCUT2D eigenvalue weighted by atomic mass is 35.5. The summed E-state index contributed by atoms with van der Waals surface area (Å²) in [6, 6.07) is 6.52. The monoisotopic (exact) mass is 341 g/mol. The SMILES string of the molecule is CC(C)(C)OC(=O)NCCC(=O)OCC(=O)c1ccccc1Cl. The molecule has 0 bridgehead atoms. The van der Waals surface area contributed by atoms with E-state index in [2.05, 4.69) is 5.32 Å². The highest BCUT2D eigenvalue weighted by Crippen LogP contribution is 2.15. The summed E-state index contributed by atoms with van der Waals surface area (Å²) in [5, 5.41) is 2.74. The molecule has 0 aliphatic heterocycles. The molecule has 126 valence electrons. The van der Waals surface area contributed by atoms with Crippen LogP contribution in [0.5, 0.6) is 0 Å². The van der Waals surface area contributed by atoms with Crippen molar-refractivity contribution in [3.63, 3.8) is 0 Å². The second-order valence-corrected chi connectivity index (χ2v) is 6.15. The lowest BCUT2D eigenvalue weighted by molar-refractivity contribution is -0.142. The molecular weight excluding hydrogens is 322 g/mol. The van der Waals surface area contributed by atoms with Crippen molar-refractivity contribution in [1.82, 2.24) is 5.32 Å². The first-order valence-corrected chi connectivity index (χ1v) is 7.47. The van der Waals surface area contributed by atoms with E-state index in [1.807, 2.05) is 0 Å². The summed E-state index contributed by atoms with van der Waals surface area (Å²) in [6.07, 6.45) is -0.674. The maximum Gasteiger partial charge on any atom is 0.407 e. The van der Waals surface area contributed by atoms with Crippen molar-refractivity contribution in [2.24, 2.45) is 0 Å². The number of rotatable bonds is 6. The Labute approximate surface area is 140 Å². The third-order valence-electron chi connectivity index (χ3n) is 2.54. The highest BCUT2D eigenvalue weighted by molar-refractivity contribution is 6.34. The molecule has 23 heavy (non-hydrogen) atoms. The largest absolute Gasteiger partial charge is 0.457 e. The zero-order valence-electron chi connectivity index (χ0n) is 13.3. The zero-order chi connectivity index (χ0) is 17.5. The smallest absolute Gasteiger partial charge is 0.407 e. The number of ether oxygens (including phenoxy) is 2. The molecule has 6 nitrogen and oxygen atoms in total. The maximum atomic E-state index is 11.9. The van der Waals surface area contributed by atoms with Crippen LogP contribution in [0.4, 0.5) is 4.79 Å². The topological polar surface area (TPSA) is 81.7 Å². The van der Waals surface area contributed by atoms with E-state index in [1.54, 1.807) is 45.0 Å². The van der Waals surface area contributed by atoms with Gasteiger partial charge in [0.25, 0.3) is 0 Å². The average Bonchev–Trinajstić information content (AvgIpc) is 2.43. The molecule has 1 N–H and O–H groups in total. The predicted molar refractivity (Wildman–Crippen MR) is 85.6 cm³/mol. The van der Waals surface area contributed by atoms with Crippen LogP contribution in [0.25, 0.3) is 0 Å². The summed E-state index contributed by atoms with van der Waals surface area (Å²) in [5.74, 6) is -0.981. The molecule has 0 radical (unpaired) electrons. The summed E-state index contributed by atoms with van der Waals surface area (Å²) in [6.45, 7) is 4.88. The Balaban J connectivity index is 2.29. The molecule has 1 aromatic carbocycles. The number of amides is 1. The molecule has 1 aromatic rings. The quantitative estimate of drug-likeness (QED) is 0.635. The van der Waals surface area contributed by atoms with E-state index < -0.39 is 24.3 Å². The van der Waals surface area contributed by atoms with Crippen LogP contribution in [0, 0.1) is 0 Å². The Hall–Kier alpha value is -2.08. The number of benzene rings is 1. The van der Waals surface area contributed by atoms with Gasteiger partial charge in [0, 0.05) is 12.1 Å². The average molecular weight is 342 g/mol. The summed E-state index contributed by atoms with van der Waals surface area (Å²) >= 11 is 5.88. The van der Waals surface area contributed by atoms with Gasteiger partial charge >= 0.3 is 12.1 Å². The van der Waals surface area contributed by atoms with Crippen molar-refractivity contribution in [2.75, 3.05) is 13.2 Å². The van der Waals surface area contributed by atoms with Crippen molar-refractivity contribution in [3.8, 4) is 0 Å². The summed E-state index contributed by atoms with van der Waals surface area (Å²) in [7, 11) is 0. The van der Waals surface area contributed by atoms with Crippen LogP contribution in [0.1, 0.15) is 37.6 Å². The van der Waals surface area contributed by atoms with Crippen molar-refractivity contribution >= 4 is 29.4 Å². The third kappa shape index (κ3) is 7.65. The standard InChI is InChI=1S/C16H20ClNO5/c1-16(2,3)23-15(21)18-9-8-14(20)22-10-13(19)11-6-4-5-7-12(11)17/h4-7H,8-10H2,1-3H3,(H,18,21). The Morgan fingerprint density at radius 1 is 1.17 bits per heavy atom. The molecule has 0 saturated carbocycles. The van der Waals surface area contributed by atoms with Crippen LogP contribution in [0.3, 0.4) is 0 Å². The van der Waals surface area contributed by atoms with Gasteiger partial charge in [0.2, 0.25) is 5.78 Å². The zero-order valence-corrected chi connectivity index (χ0v) is 14.1. The number of halogens is 1. The number of carbonyl (C=O) groups excluding carboxylic acids is 3. The van der Waals surface area contributed by atoms with Crippen LogP contribution in [0.2, 0.25) is 5.02 Å². The van der Waals surface area contributed by atoms with Gasteiger partial charge in [-0.1, -0.05) is 23.7 Å². The minimum atomic E-state index is -0.613. The molecule has 0 spiro atoms. The van der Waals surface area contributed by atoms with Gasteiger partial charge in [0.15, 0.2) is 6.61 Å². The molecule has 1 rings (SSSR count). The van der Waals surface area contributed by atoms with Gasteiger partial charge in [0.1, 0.15) is 5.60 Å². The van der Waals surface area contributed by atoms with Crippen LogP contribution in [-0.4, -0.2) is 36.6 Å². The fourth-order valence-electron chi connectivity index (χ4n) is 1.56. The number of nitrogens with one attached hydrogen (secondary N) is 1.